The minimum Gasteiger partial charge on any atom is -0.414 e. The fraction of sp³-hybridized carbons (Fsp3) is 0.867. The van der Waals surface area contributed by atoms with Crippen molar-refractivity contribution in [1.29, 1.82) is 0 Å². The van der Waals surface area contributed by atoms with Crippen LogP contribution in [0.15, 0.2) is 12.2 Å². The molecule has 2 aliphatic rings. The first-order chi connectivity index (χ1) is 7.76. The molecule has 0 spiro atoms. The lowest BCUT2D eigenvalue weighted by atomic mass is 10.1. The van der Waals surface area contributed by atoms with Gasteiger partial charge in [-0.15, -0.1) is 0 Å². The molecule has 0 radical (unpaired) electrons. The van der Waals surface area contributed by atoms with Gasteiger partial charge in [-0.3, -0.25) is 0 Å². The fourth-order valence-corrected chi connectivity index (χ4v) is 4.42. The Labute approximate surface area is 108 Å². The van der Waals surface area contributed by atoms with Crippen molar-refractivity contribution in [3.63, 3.8) is 0 Å². The zero-order valence-electron chi connectivity index (χ0n) is 12.3. The summed E-state index contributed by atoms with van der Waals surface area (Å²) in [6, 6.07) is 0. The van der Waals surface area contributed by atoms with Crippen LogP contribution in [0.5, 0.6) is 0 Å². The van der Waals surface area contributed by atoms with Crippen molar-refractivity contribution in [2.24, 2.45) is 17.8 Å². The van der Waals surface area contributed by atoms with Gasteiger partial charge in [0.2, 0.25) is 0 Å². The van der Waals surface area contributed by atoms with Gasteiger partial charge in [-0.2, -0.15) is 0 Å². The highest BCUT2D eigenvalue weighted by Gasteiger charge is 2.55. The van der Waals surface area contributed by atoms with Crippen molar-refractivity contribution in [2.45, 2.75) is 64.8 Å². The predicted octanol–water partition coefficient (Wildman–Crippen LogP) is 4.61. The van der Waals surface area contributed by atoms with Gasteiger partial charge in [0.15, 0.2) is 8.32 Å². The Morgan fingerprint density at radius 1 is 1.12 bits per heavy atom. The van der Waals surface area contributed by atoms with E-state index in [-0.39, 0.29) is 0 Å². The molecule has 2 aliphatic carbocycles. The van der Waals surface area contributed by atoms with Gasteiger partial charge in [0.1, 0.15) is 0 Å². The highest BCUT2D eigenvalue weighted by atomic mass is 28.4. The van der Waals surface area contributed by atoms with E-state index in [1.54, 1.807) is 0 Å². The van der Waals surface area contributed by atoms with Crippen LogP contribution >= 0.6 is 0 Å². The molecule has 0 heterocycles. The summed E-state index contributed by atoms with van der Waals surface area (Å²) in [6.45, 7) is 13.9. The van der Waals surface area contributed by atoms with Crippen LogP contribution in [-0.2, 0) is 4.43 Å². The molecule has 0 aliphatic heterocycles. The van der Waals surface area contributed by atoms with Crippen LogP contribution in [0.3, 0.4) is 0 Å². The molecular weight excluding hydrogens is 224 g/mol. The summed E-state index contributed by atoms with van der Waals surface area (Å²) in [6.07, 6.45) is 7.80. The fourth-order valence-electron chi connectivity index (χ4n) is 3.04. The lowest BCUT2D eigenvalue weighted by molar-refractivity contribution is 0.170. The average Bonchev–Trinajstić information content (AvgIpc) is 2.65. The van der Waals surface area contributed by atoms with Gasteiger partial charge in [0.25, 0.3) is 0 Å². The van der Waals surface area contributed by atoms with Crippen molar-refractivity contribution < 1.29 is 4.43 Å². The topological polar surface area (TPSA) is 9.23 Å². The number of rotatable bonds is 3. The number of fused-ring (bicyclic) bond motifs is 1. The molecule has 2 rings (SSSR count). The average molecular weight is 252 g/mol. The molecule has 2 fully saturated rings. The molecule has 0 aromatic carbocycles. The van der Waals surface area contributed by atoms with Crippen LogP contribution in [0.4, 0.5) is 0 Å². The second kappa shape index (κ2) is 4.24. The third-order valence-electron chi connectivity index (χ3n) is 5.15. The summed E-state index contributed by atoms with van der Waals surface area (Å²) >= 11 is 0. The molecule has 98 valence electrons. The van der Waals surface area contributed by atoms with E-state index in [4.69, 9.17) is 4.43 Å². The molecule has 17 heavy (non-hydrogen) atoms. The molecule has 0 aromatic rings. The first kappa shape index (κ1) is 13.4. The third kappa shape index (κ3) is 2.53. The molecular formula is C15H28OSi. The lowest BCUT2D eigenvalue weighted by Gasteiger charge is -2.39. The maximum Gasteiger partial charge on any atom is 0.192 e. The van der Waals surface area contributed by atoms with Crippen LogP contribution < -0.4 is 0 Å². The minimum absolute atomic E-state index is 0.350. The normalized spacial score (nSPS) is 37.5. The first-order valence-corrected chi connectivity index (χ1v) is 9.98. The van der Waals surface area contributed by atoms with E-state index in [2.05, 4.69) is 52.9 Å². The molecule has 2 unspecified atom stereocenters. The second-order valence-corrected chi connectivity index (χ2v) is 12.2. The van der Waals surface area contributed by atoms with Crippen LogP contribution in [-0.4, -0.2) is 14.4 Å². The highest BCUT2D eigenvalue weighted by Crippen LogP contribution is 2.59. The van der Waals surface area contributed by atoms with Gasteiger partial charge in [-0.25, -0.2) is 0 Å². The Hall–Kier alpha value is -0.0831. The zero-order chi connectivity index (χ0) is 12.8. The van der Waals surface area contributed by atoms with E-state index in [1.807, 2.05) is 0 Å². The Bertz CT molecular complexity index is 301. The van der Waals surface area contributed by atoms with E-state index < -0.39 is 8.32 Å². The molecule has 2 saturated carbocycles. The van der Waals surface area contributed by atoms with E-state index >= 15 is 0 Å². The standard InChI is InChI=1S/C15H28OSi/c1-7-8-12-13-9-11(10-14(12)13)16-17(5,6)15(2,3)4/h7-8,11-14H,9-10H2,1-6H3/t11?,12?,13-,14+. The largest absolute Gasteiger partial charge is 0.414 e. The Balaban J connectivity index is 1.85. The molecule has 0 amide bonds. The predicted molar refractivity (Wildman–Crippen MR) is 76.6 cm³/mol. The van der Waals surface area contributed by atoms with Crippen LogP contribution in [0.1, 0.15) is 40.5 Å². The van der Waals surface area contributed by atoms with Gasteiger partial charge >= 0.3 is 0 Å². The maximum atomic E-state index is 6.51. The third-order valence-corrected chi connectivity index (χ3v) is 9.69. The Kier molecular flexibility index (Phi) is 3.33. The minimum atomic E-state index is -1.54. The second-order valence-electron chi connectivity index (χ2n) is 7.40. The van der Waals surface area contributed by atoms with Crippen LogP contribution in [0, 0.1) is 17.8 Å². The van der Waals surface area contributed by atoms with Crippen molar-refractivity contribution >= 4 is 8.32 Å². The van der Waals surface area contributed by atoms with E-state index in [0.29, 0.717) is 11.1 Å². The molecule has 0 N–H and O–H groups in total. The van der Waals surface area contributed by atoms with Gasteiger partial charge in [0.05, 0.1) is 0 Å². The first-order valence-electron chi connectivity index (χ1n) is 7.07. The number of allylic oxidation sites excluding steroid dienone is 2. The van der Waals surface area contributed by atoms with Crippen LogP contribution in [0.2, 0.25) is 18.1 Å². The maximum absolute atomic E-state index is 6.51. The monoisotopic (exact) mass is 252 g/mol. The van der Waals surface area contributed by atoms with Gasteiger partial charge in [0, 0.05) is 6.10 Å². The molecule has 0 bridgehead atoms. The van der Waals surface area contributed by atoms with E-state index in [9.17, 15) is 0 Å². The Morgan fingerprint density at radius 2 is 1.65 bits per heavy atom. The van der Waals surface area contributed by atoms with Crippen molar-refractivity contribution in [3.8, 4) is 0 Å². The molecule has 2 heteroatoms. The van der Waals surface area contributed by atoms with Gasteiger partial charge in [-0.1, -0.05) is 32.9 Å². The summed E-state index contributed by atoms with van der Waals surface area (Å²) in [4.78, 5) is 0. The summed E-state index contributed by atoms with van der Waals surface area (Å²) in [7, 11) is -1.54. The summed E-state index contributed by atoms with van der Waals surface area (Å²) in [5.74, 6) is 2.78. The summed E-state index contributed by atoms with van der Waals surface area (Å²) in [5, 5.41) is 0.350. The summed E-state index contributed by atoms with van der Waals surface area (Å²) < 4.78 is 6.51. The molecule has 1 nitrogen and oxygen atoms in total. The smallest absolute Gasteiger partial charge is 0.192 e. The van der Waals surface area contributed by atoms with Crippen molar-refractivity contribution in [2.75, 3.05) is 0 Å². The highest BCUT2D eigenvalue weighted by molar-refractivity contribution is 6.74. The SMILES string of the molecule is CC=CC1[C@H]2CC(O[Si](C)(C)C(C)(C)C)C[C@@H]12. The van der Waals surface area contributed by atoms with Gasteiger partial charge in [-0.05, 0) is 55.7 Å². The van der Waals surface area contributed by atoms with Crippen molar-refractivity contribution in [3.05, 3.63) is 12.2 Å². The van der Waals surface area contributed by atoms with E-state index in [1.165, 1.54) is 12.8 Å². The number of hydrogen-bond donors (Lipinski definition) is 0. The molecule has 0 aromatic heterocycles. The van der Waals surface area contributed by atoms with Crippen molar-refractivity contribution in [1.82, 2.24) is 0 Å². The van der Waals surface area contributed by atoms with Crippen LogP contribution in [0.25, 0.3) is 0 Å². The summed E-state index contributed by atoms with van der Waals surface area (Å²) in [5.41, 5.74) is 0. The molecule has 0 saturated heterocycles. The van der Waals surface area contributed by atoms with Gasteiger partial charge < -0.3 is 4.43 Å². The Morgan fingerprint density at radius 3 is 2.06 bits per heavy atom. The quantitative estimate of drug-likeness (QED) is 0.526. The lowest BCUT2D eigenvalue weighted by Crippen LogP contribution is -2.43. The number of hydrogen-bond acceptors (Lipinski definition) is 1. The zero-order valence-corrected chi connectivity index (χ0v) is 13.3. The molecule has 4 atom stereocenters. The van der Waals surface area contributed by atoms with E-state index in [0.717, 1.165) is 17.8 Å².